The van der Waals surface area contributed by atoms with E-state index < -0.39 is 0 Å². The number of nitrogens with one attached hydrogen (secondary N) is 1. The van der Waals surface area contributed by atoms with Crippen molar-refractivity contribution < 1.29 is 4.74 Å². The third-order valence-corrected chi connectivity index (χ3v) is 4.46. The minimum atomic E-state index is 0.415. The van der Waals surface area contributed by atoms with Gasteiger partial charge in [0.25, 0.3) is 0 Å². The van der Waals surface area contributed by atoms with E-state index in [4.69, 9.17) is 4.74 Å². The Kier molecular flexibility index (Phi) is 5.61. The lowest BCUT2D eigenvalue weighted by molar-refractivity contribution is 0.0774. The first-order valence-electron chi connectivity index (χ1n) is 8.06. The van der Waals surface area contributed by atoms with Crippen molar-refractivity contribution in [3.63, 3.8) is 0 Å². The average Bonchev–Trinajstić information content (AvgIpc) is 3.05. The van der Waals surface area contributed by atoms with Gasteiger partial charge in [0.1, 0.15) is 0 Å². The number of aryl methyl sites for hydroxylation is 2. The van der Waals surface area contributed by atoms with E-state index in [0.29, 0.717) is 18.1 Å². The minimum Gasteiger partial charge on any atom is -0.378 e. The van der Waals surface area contributed by atoms with E-state index >= 15 is 0 Å². The first-order valence-corrected chi connectivity index (χ1v) is 8.06. The average molecular weight is 279 g/mol. The predicted molar refractivity (Wildman–Crippen MR) is 81.9 cm³/mol. The van der Waals surface area contributed by atoms with Crippen LogP contribution in [-0.4, -0.2) is 35.1 Å². The van der Waals surface area contributed by atoms with Gasteiger partial charge in [-0.2, -0.15) is 5.10 Å². The maximum absolute atomic E-state index is 5.87. The number of hydrogen-bond donors (Lipinski definition) is 1. The van der Waals surface area contributed by atoms with Gasteiger partial charge in [0, 0.05) is 37.7 Å². The molecule has 0 aliphatic carbocycles. The molecule has 3 unspecified atom stereocenters. The van der Waals surface area contributed by atoms with Crippen molar-refractivity contribution in [2.24, 2.45) is 13.0 Å². The number of nitrogens with zero attached hydrogens (tertiary/aromatic N) is 2. The van der Waals surface area contributed by atoms with E-state index in [1.54, 1.807) is 0 Å². The molecule has 2 rings (SSSR count). The van der Waals surface area contributed by atoms with Gasteiger partial charge in [-0.25, -0.2) is 0 Å². The van der Waals surface area contributed by atoms with Gasteiger partial charge in [-0.3, -0.25) is 4.68 Å². The van der Waals surface area contributed by atoms with Gasteiger partial charge in [-0.05, 0) is 31.9 Å². The maximum Gasteiger partial charge on any atom is 0.0624 e. The summed E-state index contributed by atoms with van der Waals surface area (Å²) in [7, 11) is 2.06. The molecule has 1 saturated heterocycles. The molecule has 0 spiro atoms. The summed E-state index contributed by atoms with van der Waals surface area (Å²) < 4.78 is 7.92. The zero-order chi connectivity index (χ0) is 14.5. The summed E-state index contributed by atoms with van der Waals surface area (Å²) >= 11 is 0. The van der Waals surface area contributed by atoms with Crippen LogP contribution in [0.3, 0.4) is 0 Å². The van der Waals surface area contributed by atoms with Gasteiger partial charge in [-0.15, -0.1) is 0 Å². The number of hydrogen-bond acceptors (Lipinski definition) is 3. The third kappa shape index (κ3) is 3.41. The van der Waals surface area contributed by atoms with Crippen molar-refractivity contribution in [2.45, 2.75) is 58.6 Å². The van der Waals surface area contributed by atoms with Gasteiger partial charge in [-0.1, -0.05) is 20.8 Å². The second kappa shape index (κ2) is 7.23. The van der Waals surface area contributed by atoms with Crippen LogP contribution in [0.4, 0.5) is 0 Å². The molecule has 1 N–H and O–H groups in total. The van der Waals surface area contributed by atoms with Crippen LogP contribution in [0.25, 0.3) is 0 Å². The molecule has 0 radical (unpaired) electrons. The lowest BCUT2D eigenvalue weighted by atomic mass is 9.88. The Balaban J connectivity index is 2.10. The zero-order valence-corrected chi connectivity index (χ0v) is 13.4. The number of ether oxygens (including phenoxy) is 1. The fourth-order valence-electron chi connectivity index (χ4n) is 3.34. The molecule has 0 saturated carbocycles. The monoisotopic (exact) mass is 279 g/mol. The summed E-state index contributed by atoms with van der Waals surface area (Å²) in [4.78, 5) is 0. The van der Waals surface area contributed by atoms with E-state index in [1.807, 2.05) is 4.68 Å². The van der Waals surface area contributed by atoms with Crippen molar-refractivity contribution in [3.05, 3.63) is 17.5 Å². The van der Waals surface area contributed by atoms with E-state index in [-0.39, 0.29) is 0 Å². The molecule has 0 amide bonds. The summed E-state index contributed by atoms with van der Waals surface area (Å²) in [5.41, 5.74) is 2.52. The molecule has 1 fully saturated rings. The highest BCUT2D eigenvalue weighted by Crippen LogP contribution is 2.28. The first kappa shape index (κ1) is 15.5. The highest BCUT2D eigenvalue weighted by Gasteiger charge is 2.33. The van der Waals surface area contributed by atoms with Crippen LogP contribution in [0.15, 0.2) is 6.07 Å². The lowest BCUT2D eigenvalue weighted by Gasteiger charge is -2.28. The van der Waals surface area contributed by atoms with E-state index in [2.05, 4.69) is 44.3 Å². The fraction of sp³-hybridized carbons (Fsp3) is 0.812. The van der Waals surface area contributed by atoms with Crippen LogP contribution in [0.1, 0.15) is 45.0 Å². The Bertz CT molecular complexity index is 416. The smallest absolute Gasteiger partial charge is 0.0624 e. The Morgan fingerprint density at radius 1 is 1.45 bits per heavy atom. The molecule has 0 bridgehead atoms. The summed E-state index contributed by atoms with van der Waals surface area (Å²) in [5, 5.41) is 8.24. The van der Waals surface area contributed by atoms with Crippen LogP contribution in [0.2, 0.25) is 0 Å². The molecule has 20 heavy (non-hydrogen) atoms. The quantitative estimate of drug-likeness (QED) is 0.832. The molecule has 2 heterocycles. The van der Waals surface area contributed by atoms with Gasteiger partial charge in [0.05, 0.1) is 11.8 Å². The first-order chi connectivity index (χ1) is 9.69. The standard InChI is InChI=1S/C16H29N3O/c1-5-12-10-13(19(4)18-12)11-15(17-7-3)14-8-9-20-16(14)6-2/h10,14-17H,5-9,11H2,1-4H3. The summed E-state index contributed by atoms with van der Waals surface area (Å²) in [6.45, 7) is 8.49. The van der Waals surface area contributed by atoms with Gasteiger partial charge >= 0.3 is 0 Å². The van der Waals surface area contributed by atoms with Crippen LogP contribution < -0.4 is 5.32 Å². The zero-order valence-electron chi connectivity index (χ0n) is 13.4. The number of rotatable bonds is 7. The molecular weight excluding hydrogens is 250 g/mol. The van der Waals surface area contributed by atoms with E-state index in [0.717, 1.165) is 32.4 Å². The molecule has 114 valence electrons. The van der Waals surface area contributed by atoms with Crippen molar-refractivity contribution in [2.75, 3.05) is 13.2 Å². The van der Waals surface area contributed by atoms with Crippen molar-refractivity contribution in [1.82, 2.24) is 15.1 Å². The predicted octanol–water partition coefficient (Wildman–Crippen LogP) is 2.32. The molecule has 4 nitrogen and oxygen atoms in total. The van der Waals surface area contributed by atoms with Crippen molar-refractivity contribution >= 4 is 0 Å². The van der Waals surface area contributed by atoms with Gasteiger partial charge in [0.15, 0.2) is 0 Å². The highest BCUT2D eigenvalue weighted by molar-refractivity contribution is 5.12. The Morgan fingerprint density at radius 2 is 2.25 bits per heavy atom. The highest BCUT2D eigenvalue weighted by atomic mass is 16.5. The van der Waals surface area contributed by atoms with Gasteiger partial charge in [0.2, 0.25) is 0 Å². The molecular formula is C16H29N3O. The molecule has 1 aromatic heterocycles. The second-order valence-electron chi connectivity index (χ2n) is 5.74. The summed E-state index contributed by atoms with van der Waals surface area (Å²) in [6.07, 6.45) is 4.75. The van der Waals surface area contributed by atoms with Gasteiger partial charge < -0.3 is 10.1 Å². The Labute approximate surface area is 122 Å². The SMILES string of the molecule is CCNC(Cc1cc(CC)nn1C)C1CCOC1CC. The van der Waals surface area contributed by atoms with Crippen LogP contribution >= 0.6 is 0 Å². The van der Waals surface area contributed by atoms with E-state index in [9.17, 15) is 0 Å². The molecule has 0 aromatic carbocycles. The maximum atomic E-state index is 5.87. The molecule has 4 heteroatoms. The largest absolute Gasteiger partial charge is 0.378 e. The van der Waals surface area contributed by atoms with Crippen LogP contribution in [0.5, 0.6) is 0 Å². The summed E-state index contributed by atoms with van der Waals surface area (Å²) in [5.74, 6) is 0.625. The summed E-state index contributed by atoms with van der Waals surface area (Å²) in [6, 6.07) is 2.74. The third-order valence-electron chi connectivity index (χ3n) is 4.46. The fourth-order valence-corrected chi connectivity index (χ4v) is 3.34. The molecule has 1 aromatic rings. The number of aromatic nitrogens is 2. The van der Waals surface area contributed by atoms with Crippen LogP contribution in [0, 0.1) is 5.92 Å². The topological polar surface area (TPSA) is 39.1 Å². The molecule has 3 atom stereocenters. The van der Waals surface area contributed by atoms with Crippen molar-refractivity contribution in [3.8, 4) is 0 Å². The number of likely N-dealkylation sites (N-methyl/N-ethyl adjacent to an activating group) is 1. The van der Waals surface area contributed by atoms with Crippen LogP contribution in [-0.2, 0) is 24.6 Å². The minimum absolute atomic E-state index is 0.415. The van der Waals surface area contributed by atoms with E-state index in [1.165, 1.54) is 17.8 Å². The second-order valence-corrected chi connectivity index (χ2v) is 5.74. The Morgan fingerprint density at radius 3 is 2.85 bits per heavy atom. The normalized spacial score (nSPS) is 24.2. The lowest BCUT2D eigenvalue weighted by Crippen LogP contribution is -2.41. The molecule has 1 aliphatic rings. The molecule has 1 aliphatic heterocycles. The Hall–Kier alpha value is -0.870. The van der Waals surface area contributed by atoms with Crippen molar-refractivity contribution in [1.29, 1.82) is 0 Å².